The molecule has 1 saturated carbocycles. The topological polar surface area (TPSA) is 51.0 Å². The van der Waals surface area contributed by atoms with Crippen molar-refractivity contribution in [1.29, 1.82) is 0 Å². The van der Waals surface area contributed by atoms with E-state index < -0.39 is 0 Å². The number of nitrogens with one attached hydrogen (secondary N) is 1. The standard InChI is InChI=1S/C13H15N3O/c1-2-4-10(5-3-1)11-6-12(7-11)14-8-13-15-9-17-16-13/h1-5,9,11-12,14H,6-8H2. The fraction of sp³-hybridized carbons (Fsp3) is 0.385. The van der Waals surface area contributed by atoms with Crippen LogP contribution >= 0.6 is 0 Å². The van der Waals surface area contributed by atoms with Crippen LogP contribution in [0.15, 0.2) is 41.2 Å². The van der Waals surface area contributed by atoms with Crippen molar-refractivity contribution in [2.45, 2.75) is 31.3 Å². The number of hydrogen-bond donors (Lipinski definition) is 1. The lowest BCUT2D eigenvalue weighted by molar-refractivity contribution is 0.285. The van der Waals surface area contributed by atoms with Crippen molar-refractivity contribution in [1.82, 2.24) is 15.5 Å². The van der Waals surface area contributed by atoms with Gasteiger partial charge in [0.2, 0.25) is 6.39 Å². The van der Waals surface area contributed by atoms with Crippen molar-refractivity contribution in [3.05, 3.63) is 48.1 Å². The molecular weight excluding hydrogens is 214 g/mol. The number of hydrogen-bond acceptors (Lipinski definition) is 4. The van der Waals surface area contributed by atoms with E-state index in [2.05, 4.69) is 50.3 Å². The van der Waals surface area contributed by atoms with Gasteiger partial charge in [-0.2, -0.15) is 4.98 Å². The van der Waals surface area contributed by atoms with E-state index in [0.717, 1.165) is 5.82 Å². The molecule has 0 spiro atoms. The van der Waals surface area contributed by atoms with Crippen molar-refractivity contribution < 1.29 is 4.52 Å². The Bertz CT molecular complexity index is 449. The molecule has 0 unspecified atom stereocenters. The second-order valence-electron chi connectivity index (χ2n) is 4.50. The first-order valence-corrected chi connectivity index (χ1v) is 5.95. The van der Waals surface area contributed by atoms with Gasteiger partial charge in [0.05, 0.1) is 6.54 Å². The summed E-state index contributed by atoms with van der Waals surface area (Å²) in [5.74, 6) is 1.44. The van der Waals surface area contributed by atoms with Crippen LogP contribution in [0.3, 0.4) is 0 Å². The van der Waals surface area contributed by atoms with E-state index >= 15 is 0 Å². The minimum Gasteiger partial charge on any atom is -0.343 e. The predicted molar refractivity (Wildman–Crippen MR) is 63.3 cm³/mol. The molecule has 0 atom stereocenters. The molecule has 1 aliphatic carbocycles. The lowest BCUT2D eigenvalue weighted by Gasteiger charge is -2.36. The van der Waals surface area contributed by atoms with Gasteiger partial charge >= 0.3 is 0 Å². The van der Waals surface area contributed by atoms with E-state index in [-0.39, 0.29) is 0 Å². The lowest BCUT2D eigenvalue weighted by Crippen LogP contribution is -2.39. The Labute approximate surface area is 100 Å². The van der Waals surface area contributed by atoms with E-state index in [1.54, 1.807) is 0 Å². The van der Waals surface area contributed by atoms with Crippen LogP contribution in [-0.2, 0) is 6.54 Å². The molecule has 88 valence electrons. The van der Waals surface area contributed by atoms with Gasteiger partial charge in [-0.15, -0.1) is 0 Å². The molecule has 1 aliphatic rings. The summed E-state index contributed by atoms with van der Waals surface area (Å²) >= 11 is 0. The maximum atomic E-state index is 4.69. The third-order valence-corrected chi connectivity index (χ3v) is 3.36. The van der Waals surface area contributed by atoms with Crippen LogP contribution in [0.4, 0.5) is 0 Å². The predicted octanol–water partition coefficient (Wildman–Crippen LogP) is 2.11. The van der Waals surface area contributed by atoms with Crippen molar-refractivity contribution in [2.24, 2.45) is 0 Å². The van der Waals surface area contributed by atoms with Gasteiger partial charge in [-0.05, 0) is 24.3 Å². The lowest BCUT2D eigenvalue weighted by atomic mass is 9.76. The van der Waals surface area contributed by atoms with E-state index in [1.165, 1.54) is 24.8 Å². The normalized spacial score (nSPS) is 23.3. The Hall–Kier alpha value is -1.68. The molecule has 4 heteroatoms. The van der Waals surface area contributed by atoms with Crippen LogP contribution in [0.1, 0.15) is 30.1 Å². The van der Waals surface area contributed by atoms with Crippen LogP contribution in [0.25, 0.3) is 0 Å². The molecule has 1 aromatic carbocycles. The van der Waals surface area contributed by atoms with Gasteiger partial charge in [-0.25, -0.2) is 0 Å². The molecule has 0 bridgehead atoms. The molecule has 1 N–H and O–H groups in total. The molecule has 0 radical (unpaired) electrons. The molecule has 1 heterocycles. The molecular formula is C13H15N3O. The molecule has 4 nitrogen and oxygen atoms in total. The van der Waals surface area contributed by atoms with E-state index in [9.17, 15) is 0 Å². The average molecular weight is 229 g/mol. The molecule has 1 aromatic heterocycles. The molecule has 0 saturated heterocycles. The van der Waals surface area contributed by atoms with E-state index in [4.69, 9.17) is 0 Å². The molecule has 2 aromatic rings. The Kier molecular flexibility index (Phi) is 2.88. The summed E-state index contributed by atoms with van der Waals surface area (Å²) in [6, 6.07) is 11.3. The van der Waals surface area contributed by atoms with Crippen LogP contribution in [0.5, 0.6) is 0 Å². The minimum absolute atomic E-state index is 0.582. The largest absolute Gasteiger partial charge is 0.343 e. The van der Waals surface area contributed by atoms with E-state index in [0.29, 0.717) is 18.5 Å². The molecule has 0 amide bonds. The van der Waals surface area contributed by atoms with Gasteiger partial charge < -0.3 is 9.84 Å². The smallest absolute Gasteiger partial charge is 0.213 e. The zero-order valence-electron chi connectivity index (χ0n) is 9.54. The van der Waals surface area contributed by atoms with Gasteiger partial charge in [0.1, 0.15) is 0 Å². The summed E-state index contributed by atoms with van der Waals surface area (Å²) in [6.45, 7) is 0.697. The van der Waals surface area contributed by atoms with Crippen molar-refractivity contribution in [3.8, 4) is 0 Å². The van der Waals surface area contributed by atoms with Crippen LogP contribution < -0.4 is 5.32 Å². The highest BCUT2D eigenvalue weighted by Gasteiger charge is 2.29. The number of rotatable bonds is 4. The Morgan fingerprint density at radius 1 is 1.24 bits per heavy atom. The highest BCUT2D eigenvalue weighted by Crippen LogP contribution is 2.36. The Morgan fingerprint density at radius 3 is 2.76 bits per heavy atom. The fourth-order valence-corrected chi connectivity index (χ4v) is 2.29. The monoisotopic (exact) mass is 229 g/mol. The summed E-state index contributed by atoms with van der Waals surface area (Å²) in [5, 5.41) is 7.21. The highest BCUT2D eigenvalue weighted by molar-refractivity contribution is 5.22. The summed E-state index contributed by atoms with van der Waals surface area (Å²) in [7, 11) is 0. The average Bonchev–Trinajstić information content (AvgIpc) is 2.81. The van der Waals surface area contributed by atoms with Crippen LogP contribution in [0, 0.1) is 0 Å². The highest BCUT2D eigenvalue weighted by atomic mass is 16.5. The van der Waals surface area contributed by atoms with Crippen molar-refractivity contribution in [3.63, 3.8) is 0 Å². The second kappa shape index (κ2) is 4.67. The molecule has 17 heavy (non-hydrogen) atoms. The first-order valence-electron chi connectivity index (χ1n) is 5.95. The molecule has 3 rings (SSSR count). The number of aromatic nitrogens is 2. The van der Waals surface area contributed by atoms with Crippen LogP contribution in [-0.4, -0.2) is 16.2 Å². The first-order chi connectivity index (χ1) is 8.42. The zero-order chi connectivity index (χ0) is 11.5. The van der Waals surface area contributed by atoms with Gasteiger partial charge in [-0.1, -0.05) is 35.5 Å². The first kappa shape index (κ1) is 10.5. The molecule has 1 fully saturated rings. The van der Waals surface area contributed by atoms with Gasteiger partial charge in [0.15, 0.2) is 5.82 Å². The minimum atomic E-state index is 0.582. The molecule has 0 aliphatic heterocycles. The summed E-state index contributed by atoms with van der Waals surface area (Å²) in [6.07, 6.45) is 3.76. The zero-order valence-corrected chi connectivity index (χ0v) is 9.54. The van der Waals surface area contributed by atoms with Gasteiger partial charge in [-0.3, -0.25) is 0 Å². The SMILES string of the molecule is c1ccc(C2CC(NCc3ncon3)C2)cc1. The quantitative estimate of drug-likeness (QED) is 0.872. The second-order valence-corrected chi connectivity index (χ2v) is 4.50. The number of benzene rings is 1. The van der Waals surface area contributed by atoms with Gasteiger partial charge in [0.25, 0.3) is 0 Å². The number of nitrogens with zero attached hydrogens (tertiary/aromatic N) is 2. The van der Waals surface area contributed by atoms with Gasteiger partial charge in [0, 0.05) is 6.04 Å². The Morgan fingerprint density at radius 2 is 2.06 bits per heavy atom. The van der Waals surface area contributed by atoms with Crippen molar-refractivity contribution in [2.75, 3.05) is 0 Å². The van der Waals surface area contributed by atoms with Crippen LogP contribution in [0.2, 0.25) is 0 Å². The third-order valence-electron chi connectivity index (χ3n) is 3.36. The maximum absolute atomic E-state index is 4.69. The summed E-state index contributed by atoms with van der Waals surface area (Å²) in [5.41, 5.74) is 1.45. The fourth-order valence-electron chi connectivity index (χ4n) is 2.29. The Balaban J connectivity index is 1.46. The van der Waals surface area contributed by atoms with Crippen molar-refractivity contribution >= 4 is 0 Å². The maximum Gasteiger partial charge on any atom is 0.213 e. The summed E-state index contributed by atoms with van der Waals surface area (Å²) in [4.78, 5) is 3.98. The third kappa shape index (κ3) is 2.36. The van der Waals surface area contributed by atoms with E-state index in [1.807, 2.05) is 0 Å². The summed E-state index contributed by atoms with van der Waals surface area (Å²) < 4.78 is 4.69.